The van der Waals surface area contributed by atoms with Gasteiger partial charge in [0.15, 0.2) is 11.5 Å². The van der Waals surface area contributed by atoms with E-state index in [0.717, 1.165) is 22.6 Å². The fourth-order valence-electron chi connectivity index (χ4n) is 1.80. The summed E-state index contributed by atoms with van der Waals surface area (Å²) in [5, 5.41) is 0. The van der Waals surface area contributed by atoms with E-state index in [-0.39, 0.29) is 5.41 Å². The van der Waals surface area contributed by atoms with Crippen LogP contribution in [0.15, 0.2) is 17.1 Å². The molecule has 0 fully saturated rings. The van der Waals surface area contributed by atoms with Crippen LogP contribution in [0.25, 0.3) is 0 Å². The van der Waals surface area contributed by atoms with Gasteiger partial charge in [0.25, 0.3) is 0 Å². The average Bonchev–Trinajstić information content (AvgIpc) is 2.46. The Morgan fingerprint density at radius 1 is 1.28 bits per heavy atom. The molecule has 1 aromatic rings. The lowest BCUT2D eigenvalue weighted by molar-refractivity contribution is 0.140. The number of carbonyl (C=O) groups excluding carboxylic acids is 1. The molecule has 1 aromatic carbocycles. The quantitative estimate of drug-likeness (QED) is 0.596. The summed E-state index contributed by atoms with van der Waals surface area (Å²) in [6.45, 7) is 7.74. The zero-order valence-electron chi connectivity index (χ0n) is 10.9. The zero-order chi connectivity index (χ0) is 13.2. The van der Waals surface area contributed by atoms with E-state index in [9.17, 15) is 4.79 Å². The first kappa shape index (κ1) is 12.7. The Balaban J connectivity index is 2.32. The number of benzene rings is 1. The number of aliphatic imine (C=N–C) groups is 1. The van der Waals surface area contributed by atoms with Gasteiger partial charge in [-0.05, 0) is 30.2 Å². The zero-order valence-corrected chi connectivity index (χ0v) is 10.9. The first-order valence-corrected chi connectivity index (χ1v) is 5.94. The molecule has 0 aromatic heterocycles. The van der Waals surface area contributed by atoms with Crippen molar-refractivity contribution in [2.75, 3.05) is 13.2 Å². The molecule has 0 bridgehead atoms. The molecule has 0 amide bonds. The third kappa shape index (κ3) is 2.71. The lowest BCUT2D eigenvalue weighted by Crippen LogP contribution is -2.26. The maximum atomic E-state index is 10.2. The van der Waals surface area contributed by atoms with Crippen LogP contribution < -0.4 is 9.47 Å². The van der Waals surface area contributed by atoms with Gasteiger partial charge in [-0.25, -0.2) is 9.79 Å². The second-order valence-corrected chi connectivity index (χ2v) is 5.37. The van der Waals surface area contributed by atoms with Gasteiger partial charge in [0.05, 0.1) is 19.8 Å². The van der Waals surface area contributed by atoms with Gasteiger partial charge in [0.1, 0.15) is 0 Å². The molecule has 1 aliphatic rings. The summed E-state index contributed by atoms with van der Waals surface area (Å²) in [5.41, 5.74) is 1.99. The number of fused-ring (bicyclic) bond motifs is 1. The van der Waals surface area contributed by atoms with Crippen LogP contribution in [0.5, 0.6) is 11.5 Å². The number of ether oxygens (including phenoxy) is 2. The van der Waals surface area contributed by atoms with Gasteiger partial charge in [0.2, 0.25) is 6.08 Å². The van der Waals surface area contributed by atoms with Crippen molar-refractivity contribution < 1.29 is 14.3 Å². The predicted molar refractivity (Wildman–Crippen MR) is 67.8 cm³/mol. The number of isocyanates is 1. The third-order valence-corrected chi connectivity index (χ3v) is 2.95. The first-order valence-electron chi connectivity index (χ1n) is 5.94. The molecule has 0 unspecified atom stereocenters. The number of aryl methyl sites for hydroxylation is 1. The Kier molecular flexibility index (Phi) is 3.39. The molecule has 96 valence electrons. The van der Waals surface area contributed by atoms with Gasteiger partial charge >= 0.3 is 0 Å². The standard InChI is InChI=1S/C14H17NO3/c1-10-4-12-13(5-11(10)6-15-9-16)18-8-14(2,3)7-17-12/h4-5H,6-8H2,1-3H3. The normalized spacial score (nSPS) is 16.6. The Labute approximate surface area is 107 Å². The minimum atomic E-state index is -0.00592. The van der Waals surface area contributed by atoms with E-state index in [1.165, 1.54) is 0 Å². The molecule has 4 nitrogen and oxygen atoms in total. The van der Waals surface area contributed by atoms with Crippen LogP contribution in [0, 0.1) is 12.3 Å². The minimum absolute atomic E-state index is 0.00592. The van der Waals surface area contributed by atoms with Gasteiger partial charge in [-0.15, -0.1) is 0 Å². The fraction of sp³-hybridized carbons (Fsp3) is 0.500. The molecule has 0 spiro atoms. The summed E-state index contributed by atoms with van der Waals surface area (Å²) in [6, 6.07) is 3.83. The van der Waals surface area contributed by atoms with Crippen LogP contribution in [-0.4, -0.2) is 19.3 Å². The van der Waals surface area contributed by atoms with E-state index in [0.29, 0.717) is 19.8 Å². The molecule has 0 atom stereocenters. The summed E-state index contributed by atoms with van der Waals surface area (Å²) < 4.78 is 11.5. The molecule has 2 rings (SSSR count). The van der Waals surface area contributed by atoms with Crippen LogP contribution in [0.2, 0.25) is 0 Å². The monoisotopic (exact) mass is 247 g/mol. The van der Waals surface area contributed by atoms with Crippen molar-refractivity contribution in [2.24, 2.45) is 10.4 Å². The molecule has 1 heterocycles. The van der Waals surface area contributed by atoms with E-state index in [1.54, 1.807) is 6.08 Å². The molecule has 0 saturated heterocycles. The van der Waals surface area contributed by atoms with Crippen molar-refractivity contribution >= 4 is 6.08 Å². The first-order chi connectivity index (χ1) is 8.52. The molecule has 18 heavy (non-hydrogen) atoms. The van der Waals surface area contributed by atoms with Crippen LogP contribution in [0.1, 0.15) is 25.0 Å². The fourth-order valence-corrected chi connectivity index (χ4v) is 1.80. The van der Waals surface area contributed by atoms with Crippen LogP contribution in [-0.2, 0) is 11.3 Å². The maximum Gasteiger partial charge on any atom is 0.235 e. The number of hydrogen-bond donors (Lipinski definition) is 0. The molecule has 0 aliphatic carbocycles. The average molecular weight is 247 g/mol. The summed E-state index contributed by atoms with van der Waals surface area (Å²) in [7, 11) is 0. The minimum Gasteiger partial charge on any atom is -0.489 e. The van der Waals surface area contributed by atoms with E-state index in [2.05, 4.69) is 18.8 Å². The lowest BCUT2D eigenvalue weighted by Gasteiger charge is -2.19. The highest BCUT2D eigenvalue weighted by atomic mass is 16.5. The lowest BCUT2D eigenvalue weighted by atomic mass is 9.97. The van der Waals surface area contributed by atoms with Crippen molar-refractivity contribution in [1.29, 1.82) is 0 Å². The Bertz CT molecular complexity index is 502. The second-order valence-electron chi connectivity index (χ2n) is 5.37. The van der Waals surface area contributed by atoms with Gasteiger partial charge in [0, 0.05) is 5.41 Å². The van der Waals surface area contributed by atoms with Gasteiger partial charge < -0.3 is 9.47 Å². The van der Waals surface area contributed by atoms with Gasteiger partial charge in [-0.1, -0.05) is 13.8 Å². The molecule has 0 radical (unpaired) electrons. The van der Waals surface area contributed by atoms with E-state index in [1.807, 2.05) is 19.1 Å². The van der Waals surface area contributed by atoms with E-state index < -0.39 is 0 Å². The maximum absolute atomic E-state index is 10.2. The van der Waals surface area contributed by atoms with E-state index >= 15 is 0 Å². The summed E-state index contributed by atoms with van der Waals surface area (Å²) in [5.74, 6) is 1.49. The van der Waals surface area contributed by atoms with Crippen LogP contribution >= 0.6 is 0 Å². The van der Waals surface area contributed by atoms with Gasteiger partial charge in [-0.2, -0.15) is 0 Å². The smallest absolute Gasteiger partial charge is 0.235 e. The molecule has 1 aliphatic heterocycles. The van der Waals surface area contributed by atoms with Crippen LogP contribution in [0.3, 0.4) is 0 Å². The van der Waals surface area contributed by atoms with Gasteiger partial charge in [-0.3, -0.25) is 0 Å². The molecular formula is C14H17NO3. The topological polar surface area (TPSA) is 47.9 Å². The predicted octanol–water partition coefficient (Wildman–Crippen LogP) is 2.63. The Morgan fingerprint density at radius 3 is 2.50 bits per heavy atom. The highest BCUT2D eigenvalue weighted by Gasteiger charge is 2.25. The van der Waals surface area contributed by atoms with Crippen molar-refractivity contribution in [2.45, 2.75) is 27.3 Å². The highest BCUT2D eigenvalue weighted by Crippen LogP contribution is 2.36. The Hall–Kier alpha value is -1.80. The van der Waals surface area contributed by atoms with Crippen molar-refractivity contribution in [3.05, 3.63) is 23.3 Å². The van der Waals surface area contributed by atoms with Crippen molar-refractivity contribution in [3.63, 3.8) is 0 Å². The second kappa shape index (κ2) is 4.83. The highest BCUT2D eigenvalue weighted by molar-refractivity contribution is 5.48. The van der Waals surface area contributed by atoms with E-state index in [4.69, 9.17) is 9.47 Å². The molecular weight excluding hydrogens is 230 g/mol. The van der Waals surface area contributed by atoms with Crippen molar-refractivity contribution in [3.8, 4) is 11.5 Å². The van der Waals surface area contributed by atoms with Crippen molar-refractivity contribution in [1.82, 2.24) is 0 Å². The summed E-state index contributed by atoms with van der Waals surface area (Å²) in [4.78, 5) is 13.8. The van der Waals surface area contributed by atoms with Crippen LogP contribution in [0.4, 0.5) is 0 Å². The molecule has 0 N–H and O–H groups in total. The molecule has 4 heteroatoms. The SMILES string of the molecule is Cc1cc2c(cc1CN=C=O)OCC(C)(C)CO2. The molecule has 0 saturated carbocycles. The number of hydrogen-bond acceptors (Lipinski definition) is 4. The number of rotatable bonds is 2. The number of nitrogens with zero attached hydrogens (tertiary/aromatic N) is 1. The summed E-state index contributed by atoms with van der Waals surface area (Å²) in [6.07, 6.45) is 1.55. The largest absolute Gasteiger partial charge is 0.489 e. The summed E-state index contributed by atoms with van der Waals surface area (Å²) >= 11 is 0. The Morgan fingerprint density at radius 2 is 1.89 bits per heavy atom. The third-order valence-electron chi connectivity index (χ3n) is 2.95.